The molecule has 0 atom stereocenters. The Bertz CT molecular complexity index is 956. The van der Waals surface area contributed by atoms with Gasteiger partial charge in [-0.25, -0.2) is 0 Å². The number of nitrogens with one attached hydrogen (secondary N) is 2. The van der Waals surface area contributed by atoms with E-state index >= 15 is 0 Å². The maximum Gasteiger partial charge on any atom is 0.273 e. The quantitative estimate of drug-likeness (QED) is 0.643. The number of anilines is 1. The second kappa shape index (κ2) is 7.45. The highest BCUT2D eigenvalue weighted by Gasteiger charge is 2.16. The number of nitrogens with zero attached hydrogens (tertiary/aromatic N) is 1. The first kappa shape index (κ1) is 19.0. The van der Waals surface area contributed by atoms with Crippen LogP contribution in [-0.4, -0.2) is 23.2 Å². The van der Waals surface area contributed by atoms with Gasteiger partial charge in [0.05, 0.1) is 12.8 Å². The predicted molar refractivity (Wildman–Crippen MR) is 109 cm³/mol. The Kier molecular flexibility index (Phi) is 5.24. The molecule has 0 radical (unpaired) electrons. The van der Waals surface area contributed by atoms with E-state index < -0.39 is 0 Å². The lowest BCUT2D eigenvalue weighted by molar-refractivity contribution is 0.102. The van der Waals surface area contributed by atoms with Crippen LogP contribution in [-0.2, 0) is 5.41 Å². The third-order valence-corrected chi connectivity index (χ3v) is 4.50. The van der Waals surface area contributed by atoms with Crippen molar-refractivity contribution in [1.82, 2.24) is 10.2 Å². The summed E-state index contributed by atoms with van der Waals surface area (Å²) in [5, 5.41) is 10.4. The molecule has 0 saturated carbocycles. The van der Waals surface area contributed by atoms with E-state index in [2.05, 4.69) is 36.3 Å². The van der Waals surface area contributed by atoms with Crippen molar-refractivity contribution in [3.05, 3.63) is 64.8 Å². The molecule has 1 amide bonds. The summed E-state index contributed by atoms with van der Waals surface area (Å²) >= 11 is 6.07. The Morgan fingerprint density at radius 2 is 1.81 bits per heavy atom. The number of methoxy groups -OCH3 is 1. The Morgan fingerprint density at radius 1 is 1.11 bits per heavy atom. The predicted octanol–water partition coefficient (Wildman–Crippen LogP) is 5.29. The second-order valence-electron chi connectivity index (χ2n) is 7.29. The molecule has 140 valence electrons. The van der Waals surface area contributed by atoms with E-state index in [1.54, 1.807) is 31.4 Å². The Balaban J connectivity index is 1.79. The maximum absolute atomic E-state index is 12.5. The summed E-state index contributed by atoms with van der Waals surface area (Å²) in [4.78, 5) is 12.5. The molecule has 5 nitrogen and oxygen atoms in total. The highest BCUT2D eigenvalue weighted by molar-refractivity contribution is 6.31. The molecule has 0 aliphatic rings. The van der Waals surface area contributed by atoms with Crippen LogP contribution in [0.15, 0.2) is 48.5 Å². The van der Waals surface area contributed by atoms with Gasteiger partial charge in [-0.2, -0.15) is 5.10 Å². The first-order valence-electron chi connectivity index (χ1n) is 8.59. The van der Waals surface area contributed by atoms with Crippen molar-refractivity contribution in [2.45, 2.75) is 26.2 Å². The molecule has 6 heteroatoms. The van der Waals surface area contributed by atoms with Crippen LogP contribution in [0.1, 0.15) is 36.8 Å². The molecule has 0 aliphatic carbocycles. The van der Waals surface area contributed by atoms with Crippen LogP contribution in [0.25, 0.3) is 11.3 Å². The van der Waals surface area contributed by atoms with E-state index in [1.807, 2.05) is 24.3 Å². The molecular formula is C21H22ClN3O2. The molecule has 0 spiro atoms. The van der Waals surface area contributed by atoms with Crippen LogP contribution in [0.4, 0.5) is 5.69 Å². The molecule has 3 aromatic rings. The van der Waals surface area contributed by atoms with Crippen LogP contribution in [0, 0.1) is 0 Å². The van der Waals surface area contributed by atoms with Crippen LogP contribution in [0.2, 0.25) is 5.02 Å². The van der Waals surface area contributed by atoms with Gasteiger partial charge in [0, 0.05) is 16.3 Å². The minimum Gasteiger partial charge on any atom is -0.496 e. The van der Waals surface area contributed by atoms with Gasteiger partial charge in [-0.3, -0.25) is 9.89 Å². The van der Waals surface area contributed by atoms with Crippen LogP contribution >= 0.6 is 11.6 Å². The average molecular weight is 384 g/mol. The molecular weight excluding hydrogens is 362 g/mol. The molecule has 2 aromatic carbocycles. The summed E-state index contributed by atoms with van der Waals surface area (Å²) in [6.45, 7) is 6.45. The van der Waals surface area contributed by atoms with Gasteiger partial charge in [0.1, 0.15) is 11.4 Å². The van der Waals surface area contributed by atoms with Gasteiger partial charge in [0.25, 0.3) is 5.91 Å². The summed E-state index contributed by atoms with van der Waals surface area (Å²) in [6.07, 6.45) is 0. The maximum atomic E-state index is 12.5. The van der Waals surface area contributed by atoms with E-state index in [4.69, 9.17) is 16.3 Å². The fourth-order valence-electron chi connectivity index (χ4n) is 2.71. The van der Waals surface area contributed by atoms with E-state index in [0.717, 1.165) is 11.3 Å². The van der Waals surface area contributed by atoms with Gasteiger partial charge >= 0.3 is 0 Å². The van der Waals surface area contributed by atoms with Crippen molar-refractivity contribution >= 4 is 23.2 Å². The van der Waals surface area contributed by atoms with Gasteiger partial charge in [0.2, 0.25) is 0 Å². The largest absolute Gasteiger partial charge is 0.496 e. The monoisotopic (exact) mass is 383 g/mol. The normalized spacial score (nSPS) is 11.3. The standard InChI is InChI=1S/C21H22ClN3O2/c1-21(2,3)13-5-8-15(9-6-13)23-20(26)18-12-17(24-25-18)16-11-14(22)7-10-19(16)27-4/h5-12H,1-4H3,(H,23,26)(H,24,25). The van der Waals surface area contributed by atoms with Gasteiger partial charge in [-0.15, -0.1) is 0 Å². The lowest BCUT2D eigenvalue weighted by atomic mass is 9.87. The van der Waals surface area contributed by atoms with Gasteiger partial charge in [0.15, 0.2) is 0 Å². The fourth-order valence-corrected chi connectivity index (χ4v) is 2.88. The van der Waals surface area contributed by atoms with Gasteiger partial charge < -0.3 is 10.1 Å². The number of hydrogen-bond donors (Lipinski definition) is 2. The Morgan fingerprint density at radius 3 is 2.44 bits per heavy atom. The first-order chi connectivity index (χ1) is 12.8. The summed E-state index contributed by atoms with van der Waals surface area (Å²) in [5.41, 5.74) is 3.66. The average Bonchev–Trinajstić information content (AvgIpc) is 3.11. The molecule has 1 heterocycles. The minimum atomic E-state index is -0.266. The lowest BCUT2D eigenvalue weighted by Gasteiger charge is -2.19. The van der Waals surface area contributed by atoms with E-state index in [0.29, 0.717) is 22.2 Å². The zero-order valence-corrected chi connectivity index (χ0v) is 16.5. The zero-order chi connectivity index (χ0) is 19.6. The zero-order valence-electron chi connectivity index (χ0n) is 15.8. The smallest absolute Gasteiger partial charge is 0.273 e. The number of ether oxygens (including phenoxy) is 1. The van der Waals surface area contributed by atoms with Crippen molar-refractivity contribution in [3.8, 4) is 17.0 Å². The number of hydrogen-bond acceptors (Lipinski definition) is 3. The number of benzene rings is 2. The number of H-pyrrole nitrogens is 1. The molecule has 0 saturated heterocycles. The topological polar surface area (TPSA) is 67.0 Å². The molecule has 0 bridgehead atoms. The summed E-state index contributed by atoms with van der Waals surface area (Å²) in [6, 6.07) is 14.8. The highest BCUT2D eigenvalue weighted by Crippen LogP contribution is 2.31. The van der Waals surface area contributed by atoms with E-state index in [1.165, 1.54) is 5.56 Å². The number of halogens is 1. The molecule has 0 unspecified atom stereocenters. The number of aromatic amines is 1. The van der Waals surface area contributed by atoms with Crippen molar-refractivity contribution in [2.24, 2.45) is 0 Å². The summed E-state index contributed by atoms with van der Waals surface area (Å²) < 4.78 is 5.35. The van der Waals surface area contributed by atoms with E-state index in [-0.39, 0.29) is 11.3 Å². The number of carbonyl (C=O) groups is 1. The van der Waals surface area contributed by atoms with Crippen LogP contribution < -0.4 is 10.1 Å². The third-order valence-electron chi connectivity index (χ3n) is 4.27. The molecule has 0 aliphatic heterocycles. The fraction of sp³-hybridized carbons (Fsp3) is 0.238. The molecule has 2 N–H and O–H groups in total. The minimum absolute atomic E-state index is 0.0663. The number of rotatable bonds is 4. The Hall–Kier alpha value is -2.79. The van der Waals surface area contributed by atoms with Gasteiger partial charge in [-0.1, -0.05) is 44.5 Å². The molecule has 1 aromatic heterocycles. The number of carbonyl (C=O) groups excluding carboxylic acids is 1. The van der Waals surface area contributed by atoms with Crippen LogP contribution in [0.3, 0.4) is 0 Å². The summed E-state index contributed by atoms with van der Waals surface area (Å²) in [5.74, 6) is 0.369. The lowest BCUT2D eigenvalue weighted by Crippen LogP contribution is -2.14. The third kappa shape index (κ3) is 4.31. The highest BCUT2D eigenvalue weighted by atomic mass is 35.5. The van der Waals surface area contributed by atoms with Crippen molar-refractivity contribution in [3.63, 3.8) is 0 Å². The number of amides is 1. The van der Waals surface area contributed by atoms with Gasteiger partial charge in [-0.05, 0) is 47.4 Å². The Labute approximate surface area is 163 Å². The SMILES string of the molecule is COc1ccc(Cl)cc1-c1cc(C(=O)Nc2ccc(C(C)(C)C)cc2)[nH]n1. The molecule has 27 heavy (non-hydrogen) atoms. The van der Waals surface area contributed by atoms with Crippen LogP contribution in [0.5, 0.6) is 5.75 Å². The number of aromatic nitrogens is 2. The summed E-state index contributed by atoms with van der Waals surface area (Å²) in [7, 11) is 1.58. The van der Waals surface area contributed by atoms with E-state index in [9.17, 15) is 4.79 Å². The second-order valence-corrected chi connectivity index (χ2v) is 7.73. The first-order valence-corrected chi connectivity index (χ1v) is 8.97. The molecule has 3 rings (SSSR count). The van der Waals surface area contributed by atoms with Crippen molar-refractivity contribution in [2.75, 3.05) is 12.4 Å². The van der Waals surface area contributed by atoms with Crippen molar-refractivity contribution in [1.29, 1.82) is 0 Å². The van der Waals surface area contributed by atoms with Crippen molar-refractivity contribution < 1.29 is 9.53 Å². The molecule has 0 fully saturated rings.